The fourth-order valence-electron chi connectivity index (χ4n) is 8.53. The second-order valence-electron chi connectivity index (χ2n) is 14.0. The van der Waals surface area contributed by atoms with E-state index in [1.807, 2.05) is 45.3 Å². The van der Waals surface area contributed by atoms with Gasteiger partial charge < -0.3 is 4.42 Å². The molecule has 5 aromatic heterocycles. The molecule has 0 radical (unpaired) electrons. The molecule has 0 aliphatic heterocycles. The van der Waals surface area contributed by atoms with Crippen LogP contribution in [0.15, 0.2) is 150 Å². The lowest BCUT2D eigenvalue weighted by Gasteiger charge is -2.04. The molecule has 0 atom stereocenters. The molecule has 0 aliphatic rings. The molecule has 0 fully saturated rings. The van der Waals surface area contributed by atoms with Gasteiger partial charge in [-0.25, -0.2) is 0 Å². The maximum Gasteiger partial charge on any atom is 0.135 e. The smallest absolute Gasteiger partial charge is 0.135 e. The number of rotatable bonds is 2. The van der Waals surface area contributed by atoms with E-state index in [4.69, 9.17) is 4.42 Å². The standard InChI is InChI=1S/C48H24OS4/c1-3-7-41-29(5-1)31-13-15-33-37-23-27(11-19-43(37)52-47(33)45(31)50-41)25-9-17-39-35(21-25)36-22-26(10-18-40(36)49-39)28-12-20-44-38(24-28)34-16-14-32-30-6-2-4-8-42(30)51-46(32)48(34)53-44/h1-24H. The predicted molar refractivity (Wildman–Crippen MR) is 236 cm³/mol. The van der Waals surface area contributed by atoms with Crippen LogP contribution < -0.4 is 0 Å². The zero-order valence-corrected chi connectivity index (χ0v) is 31.2. The highest BCUT2D eigenvalue weighted by Crippen LogP contribution is 2.47. The van der Waals surface area contributed by atoms with E-state index in [9.17, 15) is 0 Å². The highest BCUT2D eigenvalue weighted by Gasteiger charge is 2.17. The van der Waals surface area contributed by atoms with Crippen molar-refractivity contribution >= 4 is 148 Å². The van der Waals surface area contributed by atoms with E-state index in [0.717, 1.165) is 21.9 Å². The largest absolute Gasteiger partial charge is 0.456 e. The Balaban J connectivity index is 0.930. The summed E-state index contributed by atoms with van der Waals surface area (Å²) >= 11 is 7.66. The van der Waals surface area contributed by atoms with Gasteiger partial charge in [0.05, 0.1) is 18.8 Å². The third-order valence-corrected chi connectivity index (χ3v) is 16.2. The van der Waals surface area contributed by atoms with E-state index >= 15 is 0 Å². The lowest BCUT2D eigenvalue weighted by Crippen LogP contribution is -1.79. The molecule has 5 heterocycles. The van der Waals surface area contributed by atoms with E-state index in [1.165, 1.54) is 103 Å². The van der Waals surface area contributed by atoms with E-state index in [-0.39, 0.29) is 0 Å². The van der Waals surface area contributed by atoms with Gasteiger partial charge in [-0.1, -0.05) is 84.9 Å². The SMILES string of the molecule is c1ccc2c(c1)sc1c2ccc2c3cc(-c4ccc5oc6ccc(-c7ccc8sc9c(ccc%10c%11ccccc%11sc%109)c8c7)cc6c5c4)ccc3sc21. The van der Waals surface area contributed by atoms with Crippen molar-refractivity contribution in [3.8, 4) is 22.3 Å². The van der Waals surface area contributed by atoms with Gasteiger partial charge in [0.2, 0.25) is 0 Å². The Morgan fingerprint density at radius 2 is 0.604 bits per heavy atom. The van der Waals surface area contributed by atoms with Gasteiger partial charge in [0.15, 0.2) is 0 Å². The molecular formula is C48H24OS4. The summed E-state index contributed by atoms with van der Waals surface area (Å²) in [6.07, 6.45) is 0. The summed E-state index contributed by atoms with van der Waals surface area (Å²) in [4.78, 5) is 0. The van der Waals surface area contributed by atoms with Gasteiger partial charge in [-0.3, -0.25) is 0 Å². The molecule has 0 amide bonds. The molecule has 0 spiro atoms. The Bertz CT molecular complexity index is 3450. The minimum Gasteiger partial charge on any atom is -0.456 e. The maximum absolute atomic E-state index is 6.40. The molecule has 5 heteroatoms. The first-order valence-corrected chi connectivity index (χ1v) is 21.0. The van der Waals surface area contributed by atoms with Crippen LogP contribution >= 0.6 is 45.3 Å². The number of thiophene rings is 4. The molecule has 0 bridgehead atoms. The zero-order valence-electron chi connectivity index (χ0n) is 27.9. The van der Waals surface area contributed by atoms with Gasteiger partial charge in [0, 0.05) is 72.7 Å². The third kappa shape index (κ3) is 4.05. The van der Waals surface area contributed by atoms with Crippen molar-refractivity contribution in [3.05, 3.63) is 146 Å². The third-order valence-electron chi connectivity index (χ3n) is 11.1. The summed E-state index contributed by atoms with van der Waals surface area (Å²) in [5.41, 5.74) is 6.69. The summed E-state index contributed by atoms with van der Waals surface area (Å²) in [6.45, 7) is 0. The van der Waals surface area contributed by atoms with E-state index in [0.29, 0.717) is 0 Å². The van der Waals surface area contributed by atoms with Crippen molar-refractivity contribution in [2.24, 2.45) is 0 Å². The minimum atomic E-state index is 0.918. The molecule has 0 unspecified atom stereocenters. The normalized spacial score (nSPS) is 12.5. The van der Waals surface area contributed by atoms with Gasteiger partial charge in [0.1, 0.15) is 11.2 Å². The molecule has 13 aromatic rings. The van der Waals surface area contributed by atoms with E-state index in [2.05, 4.69) is 146 Å². The van der Waals surface area contributed by atoms with Crippen LogP contribution in [0.25, 0.3) is 125 Å². The van der Waals surface area contributed by atoms with E-state index in [1.54, 1.807) is 0 Å². The summed E-state index contributed by atoms with van der Waals surface area (Å²) < 4.78 is 17.3. The summed E-state index contributed by atoms with van der Waals surface area (Å²) in [6, 6.07) is 54.1. The number of hydrogen-bond donors (Lipinski definition) is 0. The number of hydrogen-bond acceptors (Lipinski definition) is 5. The first-order valence-electron chi connectivity index (χ1n) is 17.7. The second-order valence-corrected chi connectivity index (χ2v) is 18.2. The Morgan fingerprint density at radius 3 is 1.04 bits per heavy atom. The van der Waals surface area contributed by atoms with Crippen LogP contribution in [0.2, 0.25) is 0 Å². The molecule has 0 aliphatic carbocycles. The van der Waals surface area contributed by atoms with Gasteiger partial charge in [0.25, 0.3) is 0 Å². The second kappa shape index (κ2) is 10.5. The maximum atomic E-state index is 6.40. The monoisotopic (exact) mass is 744 g/mol. The highest BCUT2D eigenvalue weighted by molar-refractivity contribution is 7.34. The Morgan fingerprint density at radius 1 is 0.264 bits per heavy atom. The van der Waals surface area contributed by atoms with Crippen LogP contribution in [0.3, 0.4) is 0 Å². The molecule has 1 nitrogen and oxygen atoms in total. The first kappa shape index (κ1) is 29.0. The molecule has 246 valence electrons. The molecular weight excluding hydrogens is 721 g/mol. The molecule has 0 saturated heterocycles. The van der Waals surface area contributed by atoms with Gasteiger partial charge in [-0.15, -0.1) is 45.3 Å². The molecule has 13 rings (SSSR count). The van der Waals surface area contributed by atoms with Crippen molar-refractivity contribution in [2.75, 3.05) is 0 Å². The Hall–Kier alpha value is -5.56. The molecule has 0 N–H and O–H groups in total. The fraction of sp³-hybridized carbons (Fsp3) is 0. The average molecular weight is 745 g/mol. The first-order chi connectivity index (χ1) is 26.2. The average Bonchev–Trinajstić information content (AvgIpc) is 4.02. The topological polar surface area (TPSA) is 13.1 Å². The quantitative estimate of drug-likeness (QED) is 0.172. The molecule has 0 saturated carbocycles. The van der Waals surface area contributed by atoms with E-state index < -0.39 is 0 Å². The van der Waals surface area contributed by atoms with Crippen molar-refractivity contribution < 1.29 is 4.42 Å². The van der Waals surface area contributed by atoms with Gasteiger partial charge in [-0.05, 0) is 82.9 Å². The Labute approximate surface area is 318 Å². The van der Waals surface area contributed by atoms with Crippen molar-refractivity contribution in [1.82, 2.24) is 0 Å². The number of furan rings is 1. The van der Waals surface area contributed by atoms with Crippen LogP contribution in [-0.4, -0.2) is 0 Å². The minimum absolute atomic E-state index is 0.918. The lowest BCUT2D eigenvalue weighted by molar-refractivity contribution is 0.669. The van der Waals surface area contributed by atoms with Crippen LogP contribution in [0.1, 0.15) is 0 Å². The number of fused-ring (bicyclic) bond motifs is 17. The summed E-state index contributed by atoms with van der Waals surface area (Å²) in [5, 5.41) is 13.1. The summed E-state index contributed by atoms with van der Waals surface area (Å²) in [5.74, 6) is 0. The van der Waals surface area contributed by atoms with Crippen LogP contribution in [0.5, 0.6) is 0 Å². The van der Waals surface area contributed by atoms with Crippen molar-refractivity contribution in [1.29, 1.82) is 0 Å². The Kier molecular flexibility index (Phi) is 5.75. The van der Waals surface area contributed by atoms with Gasteiger partial charge >= 0.3 is 0 Å². The summed E-state index contributed by atoms with van der Waals surface area (Å²) in [7, 11) is 0. The predicted octanol–water partition coefficient (Wildman–Crippen LogP) is 16.4. The van der Waals surface area contributed by atoms with Crippen molar-refractivity contribution in [2.45, 2.75) is 0 Å². The lowest BCUT2D eigenvalue weighted by atomic mass is 9.98. The van der Waals surface area contributed by atoms with Crippen molar-refractivity contribution in [3.63, 3.8) is 0 Å². The molecule has 53 heavy (non-hydrogen) atoms. The van der Waals surface area contributed by atoms with Gasteiger partial charge in [-0.2, -0.15) is 0 Å². The fourth-order valence-corrected chi connectivity index (χ4v) is 13.6. The zero-order chi connectivity index (χ0) is 34.4. The van der Waals surface area contributed by atoms with Crippen LogP contribution in [-0.2, 0) is 0 Å². The number of benzene rings is 8. The van der Waals surface area contributed by atoms with Crippen LogP contribution in [0.4, 0.5) is 0 Å². The molecule has 8 aromatic carbocycles. The van der Waals surface area contributed by atoms with Crippen LogP contribution in [0, 0.1) is 0 Å². The highest BCUT2D eigenvalue weighted by atomic mass is 32.1.